The molecule has 1 heterocycles. The number of aromatic nitrogens is 2. The molecule has 0 unspecified atom stereocenters. The first-order chi connectivity index (χ1) is 9.79. The van der Waals surface area contributed by atoms with Gasteiger partial charge in [0.05, 0.1) is 11.0 Å². The second kappa shape index (κ2) is 6.08. The van der Waals surface area contributed by atoms with Crippen molar-refractivity contribution in [2.75, 3.05) is 0 Å². The van der Waals surface area contributed by atoms with Crippen LogP contribution in [0, 0.1) is 19.8 Å². The zero-order valence-corrected chi connectivity index (χ0v) is 11.9. The zero-order chi connectivity index (χ0) is 14.5. The minimum Gasteiger partial charge on any atom is -0.324 e. The smallest absolute Gasteiger partial charge is 0.141 e. The molecule has 0 saturated heterocycles. The van der Waals surface area contributed by atoms with Gasteiger partial charge in [0.2, 0.25) is 0 Å². The number of fused-ring (bicyclic) bond motifs is 1. The van der Waals surface area contributed by atoms with Crippen LogP contribution in [-0.2, 0) is 6.54 Å². The first-order valence-corrected chi connectivity index (χ1v) is 6.65. The Labute approximate surface area is 120 Å². The summed E-state index contributed by atoms with van der Waals surface area (Å²) in [6.45, 7) is 5.21. The fourth-order valence-electron chi connectivity index (χ4n) is 2.40. The molecule has 0 bridgehead atoms. The highest BCUT2D eigenvalue weighted by Crippen LogP contribution is 2.25. The lowest BCUT2D eigenvalue weighted by Crippen LogP contribution is -1.97. The van der Waals surface area contributed by atoms with E-state index in [1.807, 2.05) is 6.07 Å². The molecule has 0 N–H and O–H groups in total. The lowest BCUT2D eigenvalue weighted by atomic mass is 10.1. The Morgan fingerprint density at radius 3 is 2.50 bits per heavy atom. The monoisotopic (exact) mass is 262 g/mol. The summed E-state index contributed by atoms with van der Waals surface area (Å²) in [5, 5.41) is 0. The van der Waals surface area contributed by atoms with E-state index in [0.29, 0.717) is 0 Å². The van der Waals surface area contributed by atoms with Crippen molar-refractivity contribution in [2.24, 2.45) is 0 Å². The SMILES string of the molecule is C#C.CCn1c(-c2cccc(C)c2)nc2ccccc21. The summed E-state index contributed by atoms with van der Waals surface area (Å²) in [4.78, 5) is 4.76. The van der Waals surface area contributed by atoms with Gasteiger partial charge >= 0.3 is 0 Å². The van der Waals surface area contributed by atoms with Crippen molar-refractivity contribution in [1.29, 1.82) is 0 Å². The number of para-hydroxylation sites is 2. The maximum absolute atomic E-state index is 4.76. The number of rotatable bonds is 2. The molecule has 2 heteroatoms. The normalized spacial score (nSPS) is 10.0. The average molecular weight is 262 g/mol. The highest BCUT2D eigenvalue weighted by molar-refractivity contribution is 5.80. The predicted molar refractivity (Wildman–Crippen MR) is 85.5 cm³/mol. The summed E-state index contributed by atoms with van der Waals surface area (Å²) in [5.74, 6) is 1.06. The third-order valence-corrected chi connectivity index (χ3v) is 3.25. The van der Waals surface area contributed by atoms with Crippen LogP contribution in [0.1, 0.15) is 12.5 Å². The molecule has 0 aliphatic rings. The van der Waals surface area contributed by atoms with Gasteiger partial charge in [-0.2, -0.15) is 0 Å². The van der Waals surface area contributed by atoms with Crippen LogP contribution in [0.3, 0.4) is 0 Å². The van der Waals surface area contributed by atoms with Crippen LogP contribution < -0.4 is 0 Å². The van der Waals surface area contributed by atoms with Gasteiger partial charge in [-0.1, -0.05) is 35.9 Å². The van der Waals surface area contributed by atoms with Gasteiger partial charge in [0, 0.05) is 12.1 Å². The maximum atomic E-state index is 4.76. The number of aryl methyl sites for hydroxylation is 2. The highest BCUT2D eigenvalue weighted by atomic mass is 15.1. The second-order valence-corrected chi connectivity index (χ2v) is 4.54. The van der Waals surface area contributed by atoms with Gasteiger partial charge in [0.1, 0.15) is 5.82 Å². The summed E-state index contributed by atoms with van der Waals surface area (Å²) in [5.41, 5.74) is 4.72. The van der Waals surface area contributed by atoms with Crippen LogP contribution in [0.25, 0.3) is 22.4 Å². The molecule has 0 spiro atoms. The van der Waals surface area contributed by atoms with Crippen molar-refractivity contribution in [2.45, 2.75) is 20.4 Å². The molecule has 3 rings (SSSR count). The number of hydrogen-bond acceptors (Lipinski definition) is 1. The fourth-order valence-corrected chi connectivity index (χ4v) is 2.40. The van der Waals surface area contributed by atoms with E-state index >= 15 is 0 Å². The van der Waals surface area contributed by atoms with Crippen LogP contribution in [0.2, 0.25) is 0 Å². The molecule has 20 heavy (non-hydrogen) atoms. The van der Waals surface area contributed by atoms with Crippen LogP contribution in [0.4, 0.5) is 0 Å². The van der Waals surface area contributed by atoms with Crippen LogP contribution in [0.15, 0.2) is 48.5 Å². The molecule has 1 aromatic heterocycles. The highest BCUT2D eigenvalue weighted by Gasteiger charge is 2.10. The molecule has 0 atom stereocenters. The topological polar surface area (TPSA) is 17.8 Å². The van der Waals surface area contributed by atoms with Gasteiger partial charge in [0.25, 0.3) is 0 Å². The first kappa shape index (κ1) is 13.9. The van der Waals surface area contributed by atoms with E-state index in [9.17, 15) is 0 Å². The lowest BCUT2D eigenvalue weighted by molar-refractivity contribution is 0.796. The summed E-state index contributed by atoms with van der Waals surface area (Å²) >= 11 is 0. The number of hydrogen-bond donors (Lipinski definition) is 0. The molecule has 0 aliphatic heterocycles. The quantitative estimate of drug-likeness (QED) is 0.630. The molecule has 0 saturated carbocycles. The molecule has 0 fully saturated rings. The Bertz CT molecular complexity index is 735. The Morgan fingerprint density at radius 2 is 1.80 bits per heavy atom. The van der Waals surface area contributed by atoms with Crippen LogP contribution >= 0.6 is 0 Å². The Kier molecular flexibility index (Phi) is 4.22. The van der Waals surface area contributed by atoms with E-state index in [0.717, 1.165) is 17.9 Å². The Hall–Kier alpha value is -2.53. The van der Waals surface area contributed by atoms with E-state index in [4.69, 9.17) is 4.98 Å². The van der Waals surface area contributed by atoms with Gasteiger partial charge in [0.15, 0.2) is 0 Å². The summed E-state index contributed by atoms with van der Waals surface area (Å²) < 4.78 is 2.27. The molecule has 0 aliphatic carbocycles. The molecule has 100 valence electrons. The standard InChI is InChI=1S/C16H16N2.C2H2/c1-3-18-15-10-5-4-9-14(15)17-16(18)13-8-6-7-12(2)11-13;1-2/h4-11H,3H2,1-2H3;1-2H. The van der Waals surface area contributed by atoms with Crippen molar-refractivity contribution in [3.05, 3.63) is 54.1 Å². The molecule has 2 nitrogen and oxygen atoms in total. The number of nitrogens with zero attached hydrogens (tertiary/aromatic N) is 2. The Balaban J connectivity index is 0.000000704. The van der Waals surface area contributed by atoms with Crippen molar-refractivity contribution >= 4 is 11.0 Å². The van der Waals surface area contributed by atoms with Gasteiger partial charge in [-0.3, -0.25) is 0 Å². The van der Waals surface area contributed by atoms with E-state index in [-0.39, 0.29) is 0 Å². The van der Waals surface area contributed by atoms with Crippen molar-refractivity contribution in [3.63, 3.8) is 0 Å². The molecule has 3 aromatic rings. The minimum atomic E-state index is 0.934. The van der Waals surface area contributed by atoms with E-state index < -0.39 is 0 Å². The average Bonchev–Trinajstić information content (AvgIpc) is 2.88. The maximum Gasteiger partial charge on any atom is 0.141 e. The first-order valence-electron chi connectivity index (χ1n) is 6.65. The predicted octanol–water partition coefficient (Wildman–Crippen LogP) is 4.28. The van der Waals surface area contributed by atoms with Crippen molar-refractivity contribution in [1.82, 2.24) is 9.55 Å². The van der Waals surface area contributed by atoms with Gasteiger partial charge < -0.3 is 4.57 Å². The Morgan fingerprint density at radius 1 is 1.05 bits per heavy atom. The number of imidazole rings is 1. The van der Waals surface area contributed by atoms with Crippen molar-refractivity contribution < 1.29 is 0 Å². The van der Waals surface area contributed by atoms with E-state index in [1.165, 1.54) is 16.6 Å². The fraction of sp³-hybridized carbons (Fsp3) is 0.167. The molecular formula is C18H18N2. The third-order valence-electron chi connectivity index (χ3n) is 3.25. The number of terminal acetylenes is 1. The second-order valence-electron chi connectivity index (χ2n) is 4.54. The van der Waals surface area contributed by atoms with Crippen LogP contribution in [-0.4, -0.2) is 9.55 Å². The van der Waals surface area contributed by atoms with E-state index in [2.05, 4.69) is 73.7 Å². The zero-order valence-electron chi connectivity index (χ0n) is 11.9. The summed E-state index contributed by atoms with van der Waals surface area (Å²) in [6, 6.07) is 16.8. The molecule has 2 aromatic carbocycles. The number of benzene rings is 2. The minimum absolute atomic E-state index is 0.934. The van der Waals surface area contributed by atoms with E-state index in [1.54, 1.807) is 0 Å². The summed E-state index contributed by atoms with van der Waals surface area (Å²) in [7, 11) is 0. The van der Waals surface area contributed by atoms with Gasteiger partial charge in [-0.05, 0) is 32.0 Å². The van der Waals surface area contributed by atoms with Gasteiger partial charge in [-0.25, -0.2) is 4.98 Å². The third kappa shape index (κ3) is 2.44. The summed E-state index contributed by atoms with van der Waals surface area (Å²) in [6.07, 6.45) is 8.00. The molecular weight excluding hydrogens is 244 g/mol. The molecule has 0 amide bonds. The van der Waals surface area contributed by atoms with Crippen molar-refractivity contribution in [3.8, 4) is 24.2 Å². The molecule has 0 radical (unpaired) electrons. The lowest BCUT2D eigenvalue weighted by Gasteiger charge is -2.06. The van der Waals surface area contributed by atoms with Crippen LogP contribution in [0.5, 0.6) is 0 Å². The van der Waals surface area contributed by atoms with Gasteiger partial charge in [-0.15, -0.1) is 12.8 Å². The largest absolute Gasteiger partial charge is 0.324 e.